The standard InChI is InChI=1S/C9H7N.C3H4N2O/c1-2-6-9-8(4-1)5-3-7-10-9;6-3-1-4-2-5-3/h1-7H;2H,1H2,(H,4,5,6). The Bertz CT molecular complexity index is 447. The Morgan fingerprint density at radius 3 is 2.56 bits per heavy atom. The van der Waals surface area contributed by atoms with Gasteiger partial charge in [0.15, 0.2) is 0 Å². The Kier molecular flexibility index (Phi) is 3.23. The predicted molar refractivity (Wildman–Crippen MR) is 63.2 cm³/mol. The molecule has 1 amide bonds. The summed E-state index contributed by atoms with van der Waals surface area (Å²) in [7, 11) is 0. The number of fused-ring (bicyclic) bond motifs is 1. The fraction of sp³-hybridized carbons (Fsp3) is 0.0833. The molecule has 0 atom stereocenters. The summed E-state index contributed by atoms with van der Waals surface area (Å²) >= 11 is 0. The Balaban J connectivity index is 0.000000138. The molecule has 1 aromatic carbocycles. The van der Waals surface area contributed by atoms with Crippen molar-refractivity contribution in [2.45, 2.75) is 0 Å². The number of amides is 1. The van der Waals surface area contributed by atoms with Gasteiger partial charge in [0.1, 0.15) is 6.54 Å². The van der Waals surface area contributed by atoms with Gasteiger partial charge < -0.3 is 5.32 Å². The van der Waals surface area contributed by atoms with Gasteiger partial charge in [0.05, 0.1) is 11.9 Å². The Hall–Kier alpha value is -2.23. The lowest BCUT2D eigenvalue weighted by Gasteiger charge is -1.91. The zero-order chi connectivity index (χ0) is 11.2. The second-order valence-electron chi connectivity index (χ2n) is 3.23. The van der Waals surface area contributed by atoms with E-state index in [0.717, 1.165) is 5.52 Å². The fourth-order valence-electron chi connectivity index (χ4n) is 1.31. The molecule has 0 radical (unpaired) electrons. The largest absolute Gasteiger partial charge is 0.316 e. The lowest BCUT2D eigenvalue weighted by Crippen LogP contribution is -2.15. The molecule has 1 aliphatic heterocycles. The van der Waals surface area contributed by atoms with Gasteiger partial charge in [-0.3, -0.25) is 14.8 Å². The third-order valence-corrected chi connectivity index (χ3v) is 2.06. The lowest BCUT2D eigenvalue weighted by atomic mass is 10.2. The first-order chi connectivity index (χ1) is 7.86. The first kappa shape index (κ1) is 10.3. The summed E-state index contributed by atoms with van der Waals surface area (Å²) in [5, 5.41) is 3.59. The van der Waals surface area contributed by atoms with E-state index in [0.29, 0.717) is 6.54 Å². The number of para-hydroxylation sites is 1. The van der Waals surface area contributed by atoms with Gasteiger partial charge in [-0.2, -0.15) is 0 Å². The van der Waals surface area contributed by atoms with Gasteiger partial charge in [-0.25, -0.2) is 0 Å². The van der Waals surface area contributed by atoms with Crippen LogP contribution in [0.5, 0.6) is 0 Å². The van der Waals surface area contributed by atoms with Crippen LogP contribution in [0.2, 0.25) is 0 Å². The van der Waals surface area contributed by atoms with Crippen molar-refractivity contribution >= 4 is 23.1 Å². The summed E-state index contributed by atoms with van der Waals surface area (Å²) in [6.07, 6.45) is 3.21. The number of nitrogens with zero attached hydrogens (tertiary/aromatic N) is 2. The highest BCUT2D eigenvalue weighted by atomic mass is 16.2. The Labute approximate surface area is 93.0 Å². The number of carbonyl (C=O) groups is 1. The topological polar surface area (TPSA) is 54.4 Å². The first-order valence-electron chi connectivity index (χ1n) is 4.94. The predicted octanol–water partition coefficient (Wildman–Crippen LogP) is 1.38. The molecular weight excluding hydrogens is 202 g/mol. The molecule has 80 valence electrons. The molecule has 0 saturated carbocycles. The van der Waals surface area contributed by atoms with E-state index in [1.807, 2.05) is 30.5 Å². The fourth-order valence-corrected chi connectivity index (χ4v) is 1.31. The molecule has 1 N–H and O–H groups in total. The number of aliphatic imine (C=N–C) groups is 1. The second-order valence-corrected chi connectivity index (χ2v) is 3.23. The zero-order valence-electron chi connectivity index (χ0n) is 8.63. The highest BCUT2D eigenvalue weighted by molar-refractivity contribution is 5.93. The number of hydrogen-bond acceptors (Lipinski definition) is 3. The van der Waals surface area contributed by atoms with E-state index in [1.165, 1.54) is 11.7 Å². The summed E-state index contributed by atoms with van der Waals surface area (Å²) in [6, 6.07) is 12.1. The molecule has 0 aliphatic carbocycles. The number of pyridine rings is 1. The van der Waals surface area contributed by atoms with Crippen molar-refractivity contribution in [2.75, 3.05) is 6.54 Å². The molecule has 2 heterocycles. The third kappa shape index (κ3) is 2.63. The highest BCUT2D eigenvalue weighted by Gasteiger charge is 1.98. The van der Waals surface area contributed by atoms with Crippen LogP contribution < -0.4 is 5.32 Å². The first-order valence-corrected chi connectivity index (χ1v) is 4.94. The average molecular weight is 213 g/mol. The zero-order valence-corrected chi connectivity index (χ0v) is 8.63. The van der Waals surface area contributed by atoms with Crippen molar-refractivity contribution in [1.29, 1.82) is 0 Å². The minimum absolute atomic E-state index is 0.0185. The van der Waals surface area contributed by atoms with Gasteiger partial charge in [0.25, 0.3) is 0 Å². The van der Waals surface area contributed by atoms with Crippen LogP contribution in [-0.2, 0) is 4.79 Å². The van der Waals surface area contributed by atoms with E-state index in [2.05, 4.69) is 27.4 Å². The summed E-state index contributed by atoms with van der Waals surface area (Å²) in [6.45, 7) is 0.306. The van der Waals surface area contributed by atoms with Crippen molar-refractivity contribution in [2.24, 2.45) is 4.99 Å². The summed E-state index contributed by atoms with van der Waals surface area (Å²) < 4.78 is 0. The van der Waals surface area contributed by atoms with Crippen LogP contribution in [0.25, 0.3) is 10.9 Å². The van der Waals surface area contributed by atoms with Crippen molar-refractivity contribution in [3.63, 3.8) is 0 Å². The molecule has 3 rings (SSSR count). The van der Waals surface area contributed by atoms with Crippen LogP contribution in [0.3, 0.4) is 0 Å². The van der Waals surface area contributed by atoms with E-state index in [1.54, 1.807) is 0 Å². The van der Waals surface area contributed by atoms with Crippen LogP contribution in [-0.4, -0.2) is 23.8 Å². The molecule has 0 bridgehead atoms. The van der Waals surface area contributed by atoms with E-state index in [-0.39, 0.29) is 5.91 Å². The Morgan fingerprint density at radius 2 is 1.94 bits per heavy atom. The molecule has 0 fully saturated rings. The number of aromatic nitrogens is 1. The average Bonchev–Trinajstić information content (AvgIpc) is 2.81. The maximum Gasteiger partial charge on any atom is 0.246 e. The van der Waals surface area contributed by atoms with Crippen molar-refractivity contribution < 1.29 is 4.79 Å². The minimum atomic E-state index is -0.0185. The van der Waals surface area contributed by atoms with Crippen LogP contribution in [0.15, 0.2) is 47.6 Å². The van der Waals surface area contributed by atoms with Crippen molar-refractivity contribution in [3.05, 3.63) is 42.6 Å². The van der Waals surface area contributed by atoms with Gasteiger partial charge >= 0.3 is 0 Å². The molecule has 4 nitrogen and oxygen atoms in total. The number of benzene rings is 1. The van der Waals surface area contributed by atoms with E-state index < -0.39 is 0 Å². The summed E-state index contributed by atoms with van der Waals surface area (Å²) in [5.41, 5.74) is 1.06. The highest BCUT2D eigenvalue weighted by Crippen LogP contribution is 2.07. The molecule has 0 spiro atoms. The van der Waals surface area contributed by atoms with E-state index in [9.17, 15) is 4.79 Å². The maximum atomic E-state index is 10.0. The number of hydrogen-bond donors (Lipinski definition) is 1. The summed E-state index contributed by atoms with van der Waals surface area (Å²) in [4.78, 5) is 17.8. The molecular formula is C12H11N3O. The van der Waals surface area contributed by atoms with Crippen LogP contribution in [0.4, 0.5) is 0 Å². The quantitative estimate of drug-likeness (QED) is 0.718. The number of nitrogens with one attached hydrogen (secondary N) is 1. The van der Waals surface area contributed by atoms with Gasteiger partial charge in [-0.05, 0) is 12.1 Å². The van der Waals surface area contributed by atoms with Gasteiger partial charge in [0.2, 0.25) is 5.91 Å². The van der Waals surface area contributed by atoms with Gasteiger partial charge in [-0.15, -0.1) is 0 Å². The van der Waals surface area contributed by atoms with Crippen molar-refractivity contribution in [1.82, 2.24) is 10.3 Å². The van der Waals surface area contributed by atoms with Crippen molar-refractivity contribution in [3.8, 4) is 0 Å². The SMILES string of the molecule is O=C1CN=CN1.c1ccc2ncccc2c1. The molecule has 2 aromatic rings. The maximum absolute atomic E-state index is 10.0. The van der Waals surface area contributed by atoms with Crippen LogP contribution in [0, 0.1) is 0 Å². The molecule has 0 saturated heterocycles. The van der Waals surface area contributed by atoms with E-state index in [4.69, 9.17) is 0 Å². The molecule has 16 heavy (non-hydrogen) atoms. The summed E-state index contributed by atoms with van der Waals surface area (Å²) in [5.74, 6) is -0.0185. The third-order valence-electron chi connectivity index (χ3n) is 2.06. The minimum Gasteiger partial charge on any atom is -0.316 e. The van der Waals surface area contributed by atoms with Crippen LogP contribution >= 0.6 is 0 Å². The molecule has 1 aromatic heterocycles. The monoisotopic (exact) mass is 213 g/mol. The van der Waals surface area contributed by atoms with Gasteiger partial charge in [-0.1, -0.05) is 24.3 Å². The number of rotatable bonds is 0. The molecule has 0 unspecified atom stereocenters. The molecule has 1 aliphatic rings. The van der Waals surface area contributed by atoms with Gasteiger partial charge in [0, 0.05) is 11.6 Å². The molecule has 4 heteroatoms. The Morgan fingerprint density at radius 1 is 1.12 bits per heavy atom. The smallest absolute Gasteiger partial charge is 0.246 e. The van der Waals surface area contributed by atoms with Crippen LogP contribution in [0.1, 0.15) is 0 Å². The lowest BCUT2D eigenvalue weighted by molar-refractivity contribution is -0.117. The number of carbonyl (C=O) groups excluding carboxylic acids is 1. The second kappa shape index (κ2) is 5.02. The van der Waals surface area contributed by atoms with E-state index >= 15 is 0 Å². The normalized spacial score (nSPS) is 13.1.